The normalized spacial score (nSPS) is 10.6. The van der Waals surface area contributed by atoms with Crippen LogP contribution in [0.3, 0.4) is 0 Å². The topological polar surface area (TPSA) is 71.5 Å². The summed E-state index contributed by atoms with van der Waals surface area (Å²) < 4.78 is 0. The predicted molar refractivity (Wildman–Crippen MR) is 50.7 cm³/mol. The summed E-state index contributed by atoms with van der Waals surface area (Å²) in [6.45, 7) is 1.59. The highest BCUT2D eigenvalue weighted by Gasteiger charge is 2.02. The summed E-state index contributed by atoms with van der Waals surface area (Å²) in [5.41, 5.74) is 2.37. The van der Waals surface area contributed by atoms with Crippen LogP contribution in [0.1, 0.15) is 18.9 Å². The molecule has 1 N–H and O–H groups in total. The number of pyridine rings is 1. The second-order valence-electron chi connectivity index (χ2n) is 3.21. The number of Topliss-reactive ketones (excluding diaryl/α,β-unsaturated/α-hetero) is 1. The van der Waals surface area contributed by atoms with Crippen LogP contribution in [0.15, 0.2) is 12.3 Å². The van der Waals surface area contributed by atoms with Gasteiger partial charge in [-0.25, -0.2) is 4.98 Å². The van der Waals surface area contributed by atoms with Crippen LogP contribution in [0.25, 0.3) is 11.2 Å². The number of ketones is 1. The Balaban J connectivity index is 2.21. The first-order valence-electron chi connectivity index (χ1n) is 4.40. The van der Waals surface area contributed by atoms with Crippen molar-refractivity contribution in [3.8, 4) is 0 Å². The number of rotatable bonds is 3. The lowest BCUT2D eigenvalue weighted by atomic mass is 10.1. The molecule has 0 radical (unpaired) electrons. The number of hydrogen-bond acceptors (Lipinski definition) is 4. The van der Waals surface area contributed by atoms with Crippen molar-refractivity contribution in [2.75, 3.05) is 0 Å². The maximum Gasteiger partial charge on any atom is 0.201 e. The third-order valence-corrected chi connectivity index (χ3v) is 2.00. The van der Waals surface area contributed by atoms with Gasteiger partial charge in [-0.1, -0.05) is 0 Å². The first kappa shape index (κ1) is 8.80. The molecule has 2 rings (SSSR count). The van der Waals surface area contributed by atoms with E-state index < -0.39 is 0 Å². The second kappa shape index (κ2) is 3.53. The van der Waals surface area contributed by atoms with Crippen LogP contribution >= 0.6 is 0 Å². The van der Waals surface area contributed by atoms with Crippen molar-refractivity contribution in [3.63, 3.8) is 0 Å². The SMILES string of the molecule is CC(=O)CCc1cnc2n[nH]nc2c1. The minimum Gasteiger partial charge on any atom is -0.300 e. The largest absolute Gasteiger partial charge is 0.300 e. The number of aromatic nitrogens is 4. The number of carbonyl (C=O) groups excluding carboxylic acids is 1. The summed E-state index contributed by atoms with van der Waals surface area (Å²) in [4.78, 5) is 14.9. The molecule has 72 valence electrons. The predicted octanol–water partition coefficient (Wildman–Crippen LogP) is 0.874. The van der Waals surface area contributed by atoms with Crippen LogP contribution in [0.2, 0.25) is 0 Å². The molecule has 0 aliphatic carbocycles. The van der Waals surface area contributed by atoms with Crippen LogP contribution in [-0.2, 0) is 11.2 Å². The highest BCUT2D eigenvalue weighted by atomic mass is 16.1. The summed E-state index contributed by atoms with van der Waals surface area (Å²) in [5, 5.41) is 10.3. The molecule has 0 spiro atoms. The van der Waals surface area contributed by atoms with Gasteiger partial charge in [0.1, 0.15) is 11.3 Å². The third-order valence-electron chi connectivity index (χ3n) is 2.00. The molecule has 2 aromatic rings. The van der Waals surface area contributed by atoms with Gasteiger partial charge in [-0.2, -0.15) is 10.3 Å². The molecule has 0 aliphatic rings. The maximum absolute atomic E-state index is 10.8. The lowest BCUT2D eigenvalue weighted by Crippen LogP contribution is -1.94. The van der Waals surface area contributed by atoms with Gasteiger partial charge in [0, 0.05) is 12.6 Å². The van der Waals surface area contributed by atoms with Crippen molar-refractivity contribution >= 4 is 16.9 Å². The van der Waals surface area contributed by atoms with Gasteiger partial charge >= 0.3 is 0 Å². The fourth-order valence-corrected chi connectivity index (χ4v) is 1.24. The number of aromatic amines is 1. The van der Waals surface area contributed by atoms with E-state index in [1.54, 1.807) is 13.1 Å². The number of H-pyrrole nitrogens is 1. The molecular weight excluding hydrogens is 180 g/mol. The number of hydrogen-bond donors (Lipinski definition) is 1. The van der Waals surface area contributed by atoms with Crippen molar-refractivity contribution in [1.82, 2.24) is 20.4 Å². The molecule has 2 aromatic heterocycles. The Labute approximate surface area is 80.5 Å². The van der Waals surface area contributed by atoms with Gasteiger partial charge in [0.05, 0.1) is 0 Å². The van der Waals surface area contributed by atoms with Crippen LogP contribution in [0.5, 0.6) is 0 Å². The molecule has 0 amide bonds. The average Bonchev–Trinajstić information content (AvgIpc) is 2.61. The quantitative estimate of drug-likeness (QED) is 0.779. The van der Waals surface area contributed by atoms with Gasteiger partial charge in [0.25, 0.3) is 0 Å². The highest BCUT2D eigenvalue weighted by Crippen LogP contribution is 2.08. The van der Waals surface area contributed by atoms with Gasteiger partial charge < -0.3 is 4.79 Å². The zero-order valence-electron chi connectivity index (χ0n) is 7.82. The summed E-state index contributed by atoms with van der Waals surface area (Å²) in [7, 11) is 0. The fraction of sp³-hybridized carbons (Fsp3) is 0.333. The van der Waals surface area contributed by atoms with Crippen molar-refractivity contribution in [2.24, 2.45) is 0 Å². The molecule has 0 saturated carbocycles. The number of carbonyl (C=O) groups is 1. The molecule has 5 nitrogen and oxygen atoms in total. The Morgan fingerprint density at radius 3 is 3.14 bits per heavy atom. The van der Waals surface area contributed by atoms with Crippen molar-refractivity contribution in [1.29, 1.82) is 0 Å². The lowest BCUT2D eigenvalue weighted by Gasteiger charge is -1.96. The minimum atomic E-state index is 0.185. The van der Waals surface area contributed by atoms with E-state index in [4.69, 9.17) is 0 Å². The first-order valence-corrected chi connectivity index (χ1v) is 4.40. The fourth-order valence-electron chi connectivity index (χ4n) is 1.24. The number of nitrogens with one attached hydrogen (secondary N) is 1. The Bertz CT molecular complexity index is 463. The number of nitrogens with zero attached hydrogens (tertiary/aromatic N) is 3. The molecule has 5 heteroatoms. The minimum absolute atomic E-state index is 0.185. The Hall–Kier alpha value is -1.78. The molecule has 0 fully saturated rings. The van der Waals surface area contributed by atoms with E-state index in [-0.39, 0.29) is 5.78 Å². The van der Waals surface area contributed by atoms with E-state index in [9.17, 15) is 4.79 Å². The Morgan fingerprint density at radius 1 is 1.50 bits per heavy atom. The molecular formula is C9H10N4O. The van der Waals surface area contributed by atoms with E-state index in [2.05, 4.69) is 20.4 Å². The van der Waals surface area contributed by atoms with Crippen molar-refractivity contribution in [3.05, 3.63) is 17.8 Å². The molecule has 0 bridgehead atoms. The molecule has 0 saturated heterocycles. The molecule has 0 unspecified atom stereocenters. The van der Waals surface area contributed by atoms with Crippen LogP contribution < -0.4 is 0 Å². The van der Waals surface area contributed by atoms with E-state index >= 15 is 0 Å². The van der Waals surface area contributed by atoms with E-state index in [1.165, 1.54) is 0 Å². The summed E-state index contributed by atoms with van der Waals surface area (Å²) in [6.07, 6.45) is 2.99. The monoisotopic (exact) mass is 190 g/mol. The maximum atomic E-state index is 10.8. The standard InChI is InChI=1S/C9H10N4O/c1-6(14)2-3-7-4-8-9(10-5-7)12-13-11-8/h4-5H,2-3H2,1H3,(H,10,11,12,13). The average molecular weight is 190 g/mol. The van der Waals surface area contributed by atoms with E-state index in [1.807, 2.05) is 6.07 Å². The molecule has 0 atom stereocenters. The third kappa shape index (κ3) is 1.76. The summed E-state index contributed by atoms with van der Waals surface area (Å²) in [6, 6.07) is 1.90. The Morgan fingerprint density at radius 2 is 2.36 bits per heavy atom. The van der Waals surface area contributed by atoms with Gasteiger partial charge in [0.15, 0.2) is 0 Å². The first-order chi connectivity index (χ1) is 6.75. The van der Waals surface area contributed by atoms with Gasteiger partial charge in [-0.05, 0) is 25.0 Å². The molecule has 0 aliphatic heterocycles. The number of fused-ring (bicyclic) bond motifs is 1. The summed E-state index contributed by atoms with van der Waals surface area (Å²) >= 11 is 0. The van der Waals surface area contributed by atoms with Gasteiger partial charge in [0.2, 0.25) is 5.65 Å². The summed E-state index contributed by atoms with van der Waals surface area (Å²) in [5.74, 6) is 0.185. The molecule has 2 heterocycles. The molecule has 0 aromatic carbocycles. The van der Waals surface area contributed by atoms with Crippen LogP contribution in [0, 0.1) is 0 Å². The second-order valence-corrected chi connectivity index (χ2v) is 3.21. The van der Waals surface area contributed by atoms with Crippen LogP contribution in [0.4, 0.5) is 0 Å². The zero-order chi connectivity index (χ0) is 9.97. The Kier molecular flexibility index (Phi) is 2.22. The highest BCUT2D eigenvalue weighted by molar-refractivity contribution is 5.76. The lowest BCUT2D eigenvalue weighted by molar-refractivity contribution is -0.116. The van der Waals surface area contributed by atoms with E-state index in [0.29, 0.717) is 18.5 Å². The van der Waals surface area contributed by atoms with Crippen molar-refractivity contribution < 1.29 is 4.79 Å². The smallest absolute Gasteiger partial charge is 0.201 e. The van der Waals surface area contributed by atoms with Crippen molar-refractivity contribution in [2.45, 2.75) is 19.8 Å². The number of aryl methyl sites for hydroxylation is 1. The zero-order valence-corrected chi connectivity index (χ0v) is 7.82. The van der Waals surface area contributed by atoms with Gasteiger partial charge in [-0.3, -0.25) is 0 Å². The van der Waals surface area contributed by atoms with Crippen LogP contribution in [-0.4, -0.2) is 26.2 Å². The van der Waals surface area contributed by atoms with Gasteiger partial charge in [-0.15, -0.1) is 5.10 Å². The molecule has 14 heavy (non-hydrogen) atoms. The van der Waals surface area contributed by atoms with E-state index in [0.717, 1.165) is 11.1 Å².